The topological polar surface area (TPSA) is 114 Å². The summed E-state index contributed by atoms with van der Waals surface area (Å²) >= 11 is 0. The Morgan fingerprint density at radius 3 is 2.58 bits per heavy atom. The van der Waals surface area contributed by atoms with Crippen LogP contribution in [0, 0.1) is 15.5 Å². The number of nitrogens with zero attached hydrogens (tertiary/aromatic N) is 7. The number of imidazole rings is 1. The van der Waals surface area contributed by atoms with Gasteiger partial charge in [0.15, 0.2) is 0 Å². The number of alkyl halides is 3. The molecule has 6 rings (SSSR count). The van der Waals surface area contributed by atoms with Crippen LogP contribution in [-0.2, 0) is 6.54 Å². The average Bonchev–Trinajstić information content (AvgIpc) is 3.35. The van der Waals surface area contributed by atoms with Crippen molar-refractivity contribution >= 4 is 17.8 Å². The molecule has 0 unspecified atom stereocenters. The molecule has 15 heteroatoms. The molecule has 40 heavy (non-hydrogen) atoms. The monoisotopic (exact) mass is 562 g/mol. The van der Waals surface area contributed by atoms with Gasteiger partial charge in [-0.2, -0.15) is 0 Å². The molecule has 1 atom stereocenters. The second-order valence-electron chi connectivity index (χ2n) is 10.6. The molecule has 0 bridgehead atoms. The number of benzene rings is 1. The van der Waals surface area contributed by atoms with Crippen LogP contribution >= 0.6 is 0 Å². The lowest BCUT2D eigenvalue weighted by molar-refractivity contribution is -0.389. The van der Waals surface area contributed by atoms with Crippen molar-refractivity contribution in [2.45, 2.75) is 31.8 Å². The van der Waals surface area contributed by atoms with E-state index in [9.17, 15) is 23.3 Å². The number of piperidine rings is 1. The maximum Gasteiger partial charge on any atom is 0.573 e. The van der Waals surface area contributed by atoms with Crippen LogP contribution in [0.5, 0.6) is 11.8 Å². The van der Waals surface area contributed by atoms with Gasteiger partial charge in [0.2, 0.25) is 0 Å². The van der Waals surface area contributed by atoms with E-state index in [-0.39, 0.29) is 29.0 Å². The molecule has 1 aromatic heterocycles. The zero-order chi connectivity index (χ0) is 27.9. The standard InChI is InChI=1S/C25H29F3N8O4/c26-25(27,28)40-20-3-1-19(2-4-20)35-14-24(15-35)6-9-33(10-7-24)21-5-8-32(17-30-21)16-29-18-11-34-12-22(36(37)38)31-23(34)39-13-18/h1-5,12,17-18,29H,6-11,13-16H2/t18-/m0/s1. The van der Waals surface area contributed by atoms with Crippen LogP contribution in [0.25, 0.3) is 0 Å². The molecule has 4 aliphatic rings. The van der Waals surface area contributed by atoms with Crippen LogP contribution in [0.1, 0.15) is 12.8 Å². The van der Waals surface area contributed by atoms with Crippen LogP contribution < -0.4 is 19.7 Å². The number of fused-ring (bicyclic) bond motifs is 1. The number of nitro groups is 1. The normalized spacial score (nSPS) is 21.9. The first kappa shape index (κ1) is 26.2. The highest BCUT2D eigenvalue weighted by Gasteiger charge is 2.45. The molecule has 5 heterocycles. The Labute approximate surface area is 227 Å². The molecule has 2 saturated heterocycles. The van der Waals surface area contributed by atoms with Gasteiger partial charge in [0.25, 0.3) is 0 Å². The van der Waals surface area contributed by atoms with E-state index >= 15 is 0 Å². The number of ether oxygens (including phenoxy) is 2. The molecule has 0 aliphatic carbocycles. The molecule has 2 fully saturated rings. The Bertz CT molecular complexity index is 1300. The van der Waals surface area contributed by atoms with Gasteiger partial charge in [0, 0.05) is 55.4 Å². The van der Waals surface area contributed by atoms with Crippen LogP contribution in [0.3, 0.4) is 0 Å². The van der Waals surface area contributed by atoms with E-state index in [1.807, 2.05) is 6.34 Å². The minimum Gasteiger partial charge on any atom is -0.444 e. The number of anilines is 1. The Kier molecular flexibility index (Phi) is 6.68. The van der Waals surface area contributed by atoms with E-state index in [0.717, 1.165) is 50.5 Å². The van der Waals surface area contributed by atoms with Crippen molar-refractivity contribution in [2.24, 2.45) is 10.4 Å². The smallest absolute Gasteiger partial charge is 0.444 e. The predicted molar refractivity (Wildman–Crippen MR) is 138 cm³/mol. The van der Waals surface area contributed by atoms with E-state index in [0.29, 0.717) is 26.4 Å². The van der Waals surface area contributed by atoms with Crippen LogP contribution in [0.15, 0.2) is 47.4 Å². The molecule has 1 aromatic carbocycles. The lowest BCUT2D eigenvalue weighted by atomic mass is 9.71. The highest BCUT2D eigenvalue weighted by atomic mass is 19.4. The van der Waals surface area contributed by atoms with Gasteiger partial charge in [-0.15, -0.1) is 13.2 Å². The van der Waals surface area contributed by atoms with Crippen molar-refractivity contribution in [1.29, 1.82) is 0 Å². The first-order chi connectivity index (χ1) is 19.1. The van der Waals surface area contributed by atoms with E-state index in [1.54, 1.807) is 16.7 Å². The summed E-state index contributed by atoms with van der Waals surface area (Å²) < 4.78 is 48.3. The summed E-state index contributed by atoms with van der Waals surface area (Å²) in [7, 11) is 0. The van der Waals surface area contributed by atoms with E-state index in [1.165, 1.54) is 18.3 Å². The van der Waals surface area contributed by atoms with Crippen LogP contribution in [-0.4, -0.2) is 89.0 Å². The van der Waals surface area contributed by atoms with Crippen LogP contribution in [0.2, 0.25) is 0 Å². The Morgan fingerprint density at radius 1 is 1.18 bits per heavy atom. The zero-order valence-electron chi connectivity index (χ0n) is 21.6. The second-order valence-corrected chi connectivity index (χ2v) is 10.6. The maximum atomic E-state index is 12.4. The van der Waals surface area contributed by atoms with Crippen molar-refractivity contribution in [3.8, 4) is 11.8 Å². The molecule has 1 N–H and O–H groups in total. The number of nitrogens with one attached hydrogen (secondary N) is 1. The molecule has 2 aromatic rings. The van der Waals surface area contributed by atoms with Crippen molar-refractivity contribution < 1.29 is 27.6 Å². The Balaban J connectivity index is 0.924. The fraction of sp³-hybridized carbons (Fsp3) is 0.520. The third kappa shape index (κ3) is 5.64. The quantitative estimate of drug-likeness (QED) is 0.402. The van der Waals surface area contributed by atoms with Crippen molar-refractivity contribution in [1.82, 2.24) is 24.7 Å². The van der Waals surface area contributed by atoms with Crippen LogP contribution in [0.4, 0.5) is 24.7 Å². The van der Waals surface area contributed by atoms with Gasteiger partial charge in [0.1, 0.15) is 24.4 Å². The molecule has 12 nitrogen and oxygen atoms in total. The van der Waals surface area contributed by atoms with Gasteiger partial charge >= 0.3 is 18.2 Å². The fourth-order valence-electron chi connectivity index (χ4n) is 5.64. The summed E-state index contributed by atoms with van der Waals surface area (Å²) in [4.78, 5) is 25.5. The summed E-state index contributed by atoms with van der Waals surface area (Å²) in [5, 5.41) is 14.3. The third-order valence-corrected chi connectivity index (χ3v) is 7.83. The molecular weight excluding hydrogens is 533 g/mol. The highest BCUT2D eigenvalue weighted by molar-refractivity contribution is 5.58. The summed E-state index contributed by atoms with van der Waals surface area (Å²) in [5.41, 5.74) is 1.13. The summed E-state index contributed by atoms with van der Waals surface area (Å²) in [6.07, 6.45) is 2.72. The van der Waals surface area contributed by atoms with Crippen molar-refractivity contribution in [2.75, 3.05) is 50.9 Å². The van der Waals surface area contributed by atoms with E-state index in [4.69, 9.17) is 4.74 Å². The van der Waals surface area contributed by atoms with Gasteiger partial charge < -0.3 is 34.3 Å². The summed E-state index contributed by atoms with van der Waals surface area (Å²) in [6.45, 7) is 5.79. The van der Waals surface area contributed by atoms with Gasteiger partial charge in [0.05, 0.1) is 19.0 Å². The Morgan fingerprint density at radius 2 is 1.93 bits per heavy atom. The average molecular weight is 563 g/mol. The van der Waals surface area contributed by atoms with Gasteiger partial charge in [-0.25, -0.2) is 4.99 Å². The number of likely N-dealkylation sites (tertiary alicyclic amines) is 1. The summed E-state index contributed by atoms with van der Waals surface area (Å²) in [5.74, 6) is 0.543. The largest absolute Gasteiger partial charge is 0.573 e. The number of aliphatic imine (C=N–C) groups is 1. The minimum absolute atomic E-state index is 0.00781. The lowest BCUT2D eigenvalue weighted by Gasteiger charge is -2.55. The minimum atomic E-state index is -4.69. The number of halogens is 3. The molecule has 1 spiro atoms. The SMILES string of the molecule is O=[N+]([O-])c1cn2c(n1)OC[C@@H](NCN1C=NC(N3CCC4(CC3)CN(c3ccc(OC(F)(F)F)cc3)C4)=CC1)C2. The maximum absolute atomic E-state index is 12.4. The molecule has 0 saturated carbocycles. The summed E-state index contributed by atoms with van der Waals surface area (Å²) in [6, 6.07) is 6.32. The van der Waals surface area contributed by atoms with Crippen molar-refractivity contribution in [3.05, 3.63) is 52.5 Å². The lowest BCUT2D eigenvalue weighted by Crippen LogP contribution is -2.60. The number of hydrogen-bond acceptors (Lipinski definition) is 10. The first-order valence-electron chi connectivity index (χ1n) is 13.1. The Hall–Kier alpha value is -4.01. The first-order valence-corrected chi connectivity index (χ1v) is 13.1. The second kappa shape index (κ2) is 10.2. The molecular formula is C25H29F3N8O4. The molecule has 0 radical (unpaired) electrons. The van der Waals surface area contributed by atoms with Crippen molar-refractivity contribution in [3.63, 3.8) is 0 Å². The fourth-order valence-corrected chi connectivity index (χ4v) is 5.64. The van der Waals surface area contributed by atoms with E-state index < -0.39 is 11.3 Å². The zero-order valence-corrected chi connectivity index (χ0v) is 21.6. The number of aromatic nitrogens is 2. The molecule has 214 valence electrons. The number of hydrogen-bond donors (Lipinski definition) is 1. The highest BCUT2D eigenvalue weighted by Crippen LogP contribution is 2.43. The predicted octanol–water partition coefficient (Wildman–Crippen LogP) is 2.79. The van der Waals surface area contributed by atoms with Gasteiger partial charge in [-0.3, -0.25) is 9.88 Å². The number of rotatable bonds is 7. The molecule has 4 aliphatic heterocycles. The van der Waals surface area contributed by atoms with Gasteiger partial charge in [-0.05, 0) is 48.1 Å². The molecule has 0 amide bonds. The van der Waals surface area contributed by atoms with E-state index in [2.05, 4.69) is 40.8 Å². The third-order valence-electron chi connectivity index (χ3n) is 7.83. The van der Waals surface area contributed by atoms with Gasteiger partial charge in [-0.1, -0.05) is 0 Å².